The number of halogens is 1. The Morgan fingerprint density at radius 1 is 1.64 bits per heavy atom. The summed E-state index contributed by atoms with van der Waals surface area (Å²) in [5.41, 5.74) is 1.51. The van der Waals surface area contributed by atoms with E-state index in [-0.39, 0.29) is 5.91 Å². The Morgan fingerprint density at radius 2 is 2.43 bits per heavy atom. The van der Waals surface area contributed by atoms with E-state index < -0.39 is 0 Å². The molecule has 5 heteroatoms. The first-order valence-corrected chi connectivity index (χ1v) is 5.46. The molecule has 0 aliphatic carbocycles. The Kier molecular flexibility index (Phi) is 2.48. The molecule has 2 heterocycles. The Morgan fingerprint density at radius 3 is 3.07 bits per heavy atom. The molecule has 2 aromatic heterocycles. The van der Waals surface area contributed by atoms with Gasteiger partial charge in [0.2, 0.25) is 0 Å². The van der Waals surface area contributed by atoms with Crippen molar-refractivity contribution in [3.8, 4) is 0 Å². The van der Waals surface area contributed by atoms with Crippen molar-refractivity contribution in [2.24, 2.45) is 0 Å². The lowest BCUT2D eigenvalue weighted by molar-refractivity contribution is 0.0951. The maximum Gasteiger partial charge on any atom is 0.267 e. The number of amides is 1. The largest absolute Gasteiger partial charge is 0.351 e. The zero-order valence-corrected chi connectivity index (χ0v) is 9.13. The van der Waals surface area contributed by atoms with Crippen LogP contribution in [0.15, 0.2) is 12.1 Å². The molecule has 0 aromatic carbocycles. The predicted octanol–water partition coefficient (Wildman–Crippen LogP) is 2.63. The first kappa shape index (κ1) is 9.55. The van der Waals surface area contributed by atoms with Crippen LogP contribution in [0.25, 0.3) is 10.2 Å². The van der Waals surface area contributed by atoms with E-state index >= 15 is 0 Å². The van der Waals surface area contributed by atoms with Gasteiger partial charge in [-0.3, -0.25) is 4.79 Å². The summed E-state index contributed by atoms with van der Waals surface area (Å²) in [6.07, 6.45) is 0. The van der Waals surface area contributed by atoms with Crippen LogP contribution >= 0.6 is 22.9 Å². The predicted molar refractivity (Wildman–Crippen MR) is 59.2 cm³/mol. The third-order valence-corrected chi connectivity index (χ3v) is 3.07. The van der Waals surface area contributed by atoms with Gasteiger partial charge in [0.05, 0.1) is 14.6 Å². The Bertz CT molecular complexity index is 443. The van der Waals surface area contributed by atoms with Gasteiger partial charge in [-0.05, 0) is 19.1 Å². The smallest absolute Gasteiger partial charge is 0.267 e. The van der Waals surface area contributed by atoms with Crippen LogP contribution in [0.1, 0.15) is 17.4 Å². The fourth-order valence-electron chi connectivity index (χ4n) is 1.27. The lowest BCUT2D eigenvalue weighted by Crippen LogP contribution is -2.22. The molecule has 0 aliphatic rings. The first-order chi connectivity index (χ1) is 6.70. The number of carbonyl (C=O) groups is 1. The number of aromatic amines is 1. The number of thiophene rings is 1. The second kappa shape index (κ2) is 3.63. The SMILES string of the molecule is CCNC(=O)c1cc2sc(Cl)cc2[nH]1. The number of H-pyrrole nitrogens is 1. The number of fused-ring (bicyclic) bond motifs is 1. The number of hydrogen-bond donors (Lipinski definition) is 2. The van der Waals surface area contributed by atoms with Crippen LogP contribution in [0, 0.1) is 0 Å². The minimum Gasteiger partial charge on any atom is -0.351 e. The van der Waals surface area contributed by atoms with Gasteiger partial charge < -0.3 is 10.3 Å². The van der Waals surface area contributed by atoms with E-state index in [0.29, 0.717) is 12.2 Å². The lowest BCUT2D eigenvalue weighted by Gasteiger charge is -1.97. The van der Waals surface area contributed by atoms with Gasteiger partial charge in [-0.25, -0.2) is 0 Å². The molecule has 2 aromatic rings. The molecule has 3 nitrogen and oxygen atoms in total. The highest BCUT2D eigenvalue weighted by molar-refractivity contribution is 7.22. The van der Waals surface area contributed by atoms with Crippen LogP contribution in [0.2, 0.25) is 4.34 Å². The molecule has 0 saturated heterocycles. The summed E-state index contributed by atoms with van der Waals surface area (Å²) in [5.74, 6) is -0.0768. The van der Waals surface area contributed by atoms with E-state index in [1.54, 1.807) is 0 Å². The molecule has 2 N–H and O–H groups in total. The Labute approximate surface area is 90.1 Å². The molecular weight excluding hydrogens is 220 g/mol. The van der Waals surface area contributed by atoms with Crippen LogP contribution < -0.4 is 5.32 Å². The van der Waals surface area contributed by atoms with Crippen LogP contribution in [-0.2, 0) is 0 Å². The van der Waals surface area contributed by atoms with Crippen molar-refractivity contribution in [3.63, 3.8) is 0 Å². The quantitative estimate of drug-likeness (QED) is 0.816. The van der Waals surface area contributed by atoms with E-state index in [1.165, 1.54) is 11.3 Å². The summed E-state index contributed by atoms with van der Waals surface area (Å²) in [4.78, 5) is 14.4. The van der Waals surface area contributed by atoms with Crippen LogP contribution in [-0.4, -0.2) is 17.4 Å². The van der Waals surface area contributed by atoms with E-state index in [0.717, 1.165) is 14.6 Å². The van der Waals surface area contributed by atoms with Crippen molar-refractivity contribution in [3.05, 3.63) is 22.2 Å². The number of carbonyl (C=O) groups excluding carboxylic acids is 1. The molecule has 14 heavy (non-hydrogen) atoms. The van der Waals surface area contributed by atoms with Gasteiger partial charge in [-0.1, -0.05) is 11.6 Å². The zero-order valence-electron chi connectivity index (χ0n) is 7.56. The summed E-state index contributed by atoms with van der Waals surface area (Å²) >= 11 is 7.28. The standard InChI is InChI=1S/C9H9ClN2OS/c1-2-11-9(13)6-3-7-5(12-6)4-8(10)14-7/h3-4,12H,2H2,1H3,(H,11,13). The molecule has 0 spiro atoms. The summed E-state index contributed by atoms with van der Waals surface area (Å²) < 4.78 is 1.74. The minimum atomic E-state index is -0.0768. The fraction of sp³-hybridized carbons (Fsp3) is 0.222. The summed E-state index contributed by atoms with van der Waals surface area (Å²) in [6.45, 7) is 2.52. The molecule has 74 valence electrons. The average molecular weight is 229 g/mol. The summed E-state index contributed by atoms with van der Waals surface area (Å²) in [5, 5.41) is 2.73. The van der Waals surface area contributed by atoms with Crippen molar-refractivity contribution in [2.75, 3.05) is 6.54 Å². The summed E-state index contributed by atoms with van der Waals surface area (Å²) in [6, 6.07) is 3.64. The van der Waals surface area contributed by atoms with E-state index in [9.17, 15) is 4.79 Å². The maximum atomic E-state index is 11.4. The Hall–Kier alpha value is -1.00. The highest BCUT2D eigenvalue weighted by Crippen LogP contribution is 2.29. The topological polar surface area (TPSA) is 44.9 Å². The van der Waals surface area contributed by atoms with Gasteiger partial charge in [0.15, 0.2) is 0 Å². The molecule has 0 radical (unpaired) electrons. The molecule has 2 rings (SSSR count). The van der Waals surface area contributed by atoms with Crippen molar-refractivity contribution in [2.45, 2.75) is 6.92 Å². The number of nitrogens with one attached hydrogen (secondary N) is 2. The third-order valence-electron chi connectivity index (χ3n) is 1.86. The average Bonchev–Trinajstić information content (AvgIpc) is 2.61. The molecule has 1 amide bonds. The molecule has 0 saturated carbocycles. The van der Waals surface area contributed by atoms with Gasteiger partial charge in [-0.15, -0.1) is 11.3 Å². The Balaban J connectivity index is 2.36. The van der Waals surface area contributed by atoms with E-state index in [4.69, 9.17) is 11.6 Å². The molecule has 0 fully saturated rings. The molecule has 0 atom stereocenters. The normalized spacial score (nSPS) is 10.7. The fourth-order valence-corrected chi connectivity index (χ4v) is 2.41. The molecule has 0 bridgehead atoms. The van der Waals surface area contributed by atoms with Crippen LogP contribution in [0.3, 0.4) is 0 Å². The number of rotatable bonds is 2. The highest BCUT2D eigenvalue weighted by Gasteiger charge is 2.09. The van der Waals surface area contributed by atoms with E-state index in [2.05, 4.69) is 10.3 Å². The van der Waals surface area contributed by atoms with Crippen molar-refractivity contribution >= 4 is 39.1 Å². The highest BCUT2D eigenvalue weighted by atomic mass is 35.5. The minimum absolute atomic E-state index is 0.0768. The monoisotopic (exact) mass is 228 g/mol. The van der Waals surface area contributed by atoms with Gasteiger partial charge in [0.25, 0.3) is 5.91 Å². The van der Waals surface area contributed by atoms with Gasteiger partial charge in [-0.2, -0.15) is 0 Å². The maximum absolute atomic E-state index is 11.4. The van der Waals surface area contributed by atoms with Crippen molar-refractivity contribution in [1.82, 2.24) is 10.3 Å². The zero-order chi connectivity index (χ0) is 10.1. The van der Waals surface area contributed by atoms with Crippen LogP contribution in [0.4, 0.5) is 0 Å². The second-order valence-electron chi connectivity index (χ2n) is 2.87. The lowest BCUT2D eigenvalue weighted by atomic mass is 10.4. The van der Waals surface area contributed by atoms with Gasteiger partial charge in [0.1, 0.15) is 5.69 Å². The first-order valence-electron chi connectivity index (χ1n) is 4.27. The number of hydrogen-bond acceptors (Lipinski definition) is 2. The number of aromatic nitrogens is 1. The van der Waals surface area contributed by atoms with E-state index in [1.807, 2.05) is 19.1 Å². The van der Waals surface area contributed by atoms with Gasteiger partial charge in [0, 0.05) is 6.54 Å². The molecule has 0 unspecified atom stereocenters. The second-order valence-corrected chi connectivity index (χ2v) is 4.59. The van der Waals surface area contributed by atoms with Crippen molar-refractivity contribution in [1.29, 1.82) is 0 Å². The molecular formula is C9H9ClN2OS. The summed E-state index contributed by atoms with van der Waals surface area (Å²) in [7, 11) is 0. The van der Waals surface area contributed by atoms with Crippen LogP contribution in [0.5, 0.6) is 0 Å². The van der Waals surface area contributed by atoms with Gasteiger partial charge >= 0.3 is 0 Å². The van der Waals surface area contributed by atoms with Crippen molar-refractivity contribution < 1.29 is 4.79 Å². The molecule has 0 aliphatic heterocycles. The third kappa shape index (κ3) is 1.63.